The van der Waals surface area contributed by atoms with Crippen LogP contribution in [0.5, 0.6) is 0 Å². The van der Waals surface area contributed by atoms with Crippen LogP contribution in [0.1, 0.15) is 32.5 Å². The van der Waals surface area contributed by atoms with Crippen molar-refractivity contribution in [3.63, 3.8) is 0 Å². The molecule has 7 nitrogen and oxygen atoms in total. The van der Waals surface area contributed by atoms with Crippen LogP contribution in [0.25, 0.3) is 5.65 Å². The molecule has 3 aromatic heterocycles. The summed E-state index contributed by atoms with van der Waals surface area (Å²) in [4.78, 5) is 27.1. The van der Waals surface area contributed by atoms with Crippen molar-refractivity contribution in [1.82, 2.24) is 14.7 Å². The zero-order valence-electron chi connectivity index (χ0n) is 11.7. The molecule has 0 saturated heterocycles. The molecule has 3 rings (SSSR count). The van der Waals surface area contributed by atoms with Gasteiger partial charge in [-0.05, 0) is 31.2 Å². The van der Waals surface area contributed by atoms with Gasteiger partial charge in [0.15, 0.2) is 0 Å². The van der Waals surface area contributed by atoms with E-state index in [1.165, 1.54) is 12.1 Å². The van der Waals surface area contributed by atoms with Gasteiger partial charge in [0.05, 0.1) is 6.54 Å². The maximum Gasteiger partial charge on any atom is 0.371 e. The predicted molar refractivity (Wildman–Crippen MR) is 76.8 cm³/mol. The van der Waals surface area contributed by atoms with Gasteiger partial charge in [0, 0.05) is 11.9 Å². The van der Waals surface area contributed by atoms with Crippen molar-refractivity contribution in [2.24, 2.45) is 0 Å². The van der Waals surface area contributed by atoms with Gasteiger partial charge in [-0.15, -0.1) is 0 Å². The Bertz CT molecular complexity index is 863. The summed E-state index contributed by atoms with van der Waals surface area (Å²) < 4.78 is 6.89. The van der Waals surface area contributed by atoms with Crippen LogP contribution < -0.4 is 5.32 Å². The van der Waals surface area contributed by atoms with Gasteiger partial charge in [-0.25, -0.2) is 9.78 Å². The van der Waals surface area contributed by atoms with Gasteiger partial charge in [-0.2, -0.15) is 0 Å². The minimum Gasteiger partial charge on any atom is -0.475 e. The fourth-order valence-electron chi connectivity index (χ4n) is 2.10. The SMILES string of the molecule is Cc1cccc2nc(C(=O)NCc3ccc(C(=O)O)o3)cn12. The minimum atomic E-state index is -1.14. The van der Waals surface area contributed by atoms with E-state index >= 15 is 0 Å². The van der Waals surface area contributed by atoms with Crippen LogP contribution in [0.3, 0.4) is 0 Å². The van der Waals surface area contributed by atoms with Crippen molar-refractivity contribution >= 4 is 17.5 Å². The fraction of sp³-hybridized carbons (Fsp3) is 0.133. The summed E-state index contributed by atoms with van der Waals surface area (Å²) in [7, 11) is 0. The maximum absolute atomic E-state index is 12.1. The van der Waals surface area contributed by atoms with Gasteiger partial charge < -0.3 is 19.2 Å². The summed E-state index contributed by atoms with van der Waals surface area (Å²) >= 11 is 0. The Kier molecular flexibility index (Phi) is 3.38. The topological polar surface area (TPSA) is 96.8 Å². The molecule has 0 saturated carbocycles. The number of aryl methyl sites for hydroxylation is 1. The number of carboxylic acid groups (broad SMARTS) is 1. The van der Waals surface area contributed by atoms with Crippen molar-refractivity contribution in [2.45, 2.75) is 13.5 Å². The van der Waals surface area contributed by atoms with E-state index < -0.39 is 5.97 Å². The normalized spacial score (nSPS) is 10.8. The first kappa shape index (κ1) is 13.9. The van der Waals surface area contributed by atoms with E-state index in [0.717, 1.165) is 5.69 Å². The largest absolute Gasteiger partial charge is 0.475 e. The van der Waals surface area contributed by atoms with Gasteiger partial charge in [0.25, 0.3) is 5.91 Å². The van der Waals surface area contributed by atoms with Crippen LogP contribution >= 0.6 is 0 Å². The first-order valence-electron chi connectivity index (χ1n) is 6.59. The molecule has 2 N–H and O–H groups in total. The Labute approximate surface area is 125 Å². The molecule has 0 bridgehead atoms. The summed E-state index contributed by atoms with van der Waals surface area (Å²) in [6.07, 6.45) is 1.66. The lowest BCUT2D eigenvalue weighted by Crippen LogP contribution is -2.22. The van der Waals surface area contributed by atoms with Crippen molar-refractivity contribution in [1.29, 1.82) is 0 Å². The molecule has 22 heavy (non-hydrogen) atoms. The Morgan fingerprint density at radius 3 is 2.82 bits per heavy atom. The van der Waals surface area contributed by atoms with Crippen LogP contribution in [-0.2, 0) is 6.54 Å². The molecule has 0 radical (unpaired) electrons. The Hall–Kier alpha value is -3.09. The molecule has 7 heteroatoms. The average Bonchev–Trinajstić information content (AvgIpc) is 3.12. The number of imidazole rings is 1. The number of hydrogen-bond acceptors (Lipinski definition) is 4. The van der Waals surface area contributed by atoms with Crippen LogP contribution in [0, 0.1) is 6.92 Å². The number of aromatic carboxylic acids is 1. The number of nitrogens with one attached hydrogen (secondary N) is 1. The average molecular weight is 299 g/mol. The molecule has 0 aromatic carbocycles. The standard InChI is InChI=1S/C15H13N3O4/c1-9-3-2-4-13-17-11(8-18(9)13)14(19)16-7-10-5-6-12(22-10)15(20)21/h2-6,8H,7H2,1H3,(H,16,19)(H,20,21). The number of rotatable bonds is 4. The van der Waals surface area contributed by atoms with Crippen molar-refractivity contribution in [2.75, 3.05) is 0 Å². The van der Waals surface area contributed by atoms with Gasteiger partial charge in [0.1, 0.15) is 17.1 Å². The van der Waals surface area contributed by atoms with Crippen LogP contribution in [-0.4, -0.2) is 26.4 Å². The summed E-state index contributed by atoms with van der Waals surface area (Å²) in [5.41, 5.74) is 1.96. The van der Waals surface area contributed by atoms with E-state index in [9.17, 15) is 9.59 Å². The van der Waals surface area contributed by atoms with Crippen LogP contribution in [0.4, 0.5) is 0 Å². The lowest BCUT2D eigenvalue weighted by atomic mass is 10.4. The third-order valence-corrected chi connectivity index (χ3v) is 3.22. The van der Waals surface area contributed by atoms with Gasteiger partial charge in [-0.3, -0.25) is 4.79 Å². The van der Waals surface area contributed by atoms with Crippen LogP contribution in [0.2, 0.25) is 0 Å². The third-order valence-electron chi connectivity index (χ3n) is 3.22. The van der Waals surface area contributed by atoms with Gasteiger partial charge in [-0.1, -0.05) is 6.07 Å². The number of carbonyl (C=O) groups is 2. The number of pyridine rings is 1. The summed E-state index contributed by atoms with van der Waals surface area (Å²) in [5.74, 6) is -1.29. The highest BCUT2D eigenvalue weighted by molar-refractivity contribution is 5.92. The molecule has 0 fully saturated rings. The molecule has 3 heterocycles. The van der Waals surface area contributed by atoms with Gasteiger partial charge >= 0.3 is 5.97 Å². The summed E-state index contributed by atoms with van der Waals surface area (Å²) in [5, 5.41) is 11.4. The zero-order valence-corrected chi connectivity index (χ0v) is 11.7. The number of amides is 1. The molecule has 1 amide bonds. The lowest BCUT2D eigenvalue weighted by Gasteiger charge is -1.99. The Morgan fingerprint density at radius 2 is 2.14 bits per heavy atom. The highest BCUT2D eigenvalue weighted by Gasteiger charge is 2.13. The molecule has 3 aromatic rings. The smallest absolute Gasteiger partial charge is 0.371 e. The molecule has 0 unspecified atom stereocenters. The van der Waals surface area contributed by atoms with E-state index in [4.69, 9.17) is 9.52 Å². The second-order valence-electron chi connectivity index (χ2n) is 4.78. The van der Waals surface area contributed by atoms with E-state index in [0.29, 0.717) is 17.1 Å². The summed E-state index contributed by atoms with van der Waals surface area (Å²) in [6.45, 7) is 2.02. The second kappa shape index (κ2) is 5.36. The Morgan fingerprint density at radius 1 is 1.32 bits per heavy atom. The number of aromatic nitrogens is 2. The summed E-state index contributed by atoms with van der Waals surface area (Å²) in [6, 6.07) is 8.47. The highest BCUT2D eigenvalue weighted by atomic mass is 16.4. The van der Waals surface area contributed by atoms with Crippen molar-refractivity contribution < 1.29 is 19.1 Å². The third kappa shape index (κ3) is 2.56. The number of nitrogens with zero attached hydrogens (tertiary/aromatic N) is 2. The van der Waals surface area contributed by atoms with Crippen molar-refractivity contribution in [3.05, 3.63) is 59.4 Å². The van der Waals surface area contributed by atoms with Gasteiger partial charge in [0.2, 0.25) is 5.76 Å². The number of carbonyl (C=O) groups excluding carboxylic acids is 1. The first-order valence-corrected chi connectivity index (χ1v) is 6.59. The van der Waals surface area contributed by atoms with E-state index in [2.05, 4.69) is 10.3 Å². The molecule has 0 aliphatic rings. The van der Waals surface area contributed by atoms with E-state index in [-0.39, 0.29) is 18.2 Å². The molecule has 0 aliphatic heterocycles. The highest BCUT2D eigenvalue weighted by Crippen LogP contribution is 2.10. The molecular weight excluding hydrogens is 286 g/mol. The quantitative estimate of drug-likeness (QED) is 0.766. The number of fused-ring (bicyclic) bond motifs is 1. The van der Waals surface area contributed by atoms with E-state index in [1.807, 2.05) is 29.5 Å². The zero-order chi connectivity index (χ0) is 15.7. The maximum atomic E-state index is 12.1. The predicted octanol–water partition coefficient (Wildman–Crippen LogP) is 1.86. The first-order chi connectivity index (χ1) is 10.5. The second-order valence-corrected chi connectivity index (χ2v) is 4.78. The number of hydrogen-bond donors (Lipinski definition) is 2. The van der Waals surface area contributed by atoms with E-state index in [1.54, 1.807) is 6.20 Å². The monoisotopic (exact) mass is 299 g/mol. The Balaban J connectivity index is 1.72. The number of carboxylic acids is 1. The van der Waals surface area contributed by atoms with Crippen LogP contribution in [0.15, 0.2) is 40.9 Å². The molecule has 112 valence electrons. The molecule has 0 aliphatic carbocycles. The van der Waals surface area contributed by atoms with Crippen molar-refractivity contribution in [3.8, 4) is 0 Å². The number of furan rings is 1. The minimum absolute atomic E-state index is 0.0962. The lowest BCUT2D eigenvalue weighted by molar-refractivity contribution is 0.0660. The fourth-order valence-corrected chi connectivity index (χ4v) is 2.10. The molecular formula is C15H13N3O4. The molecule has 0 spiro atoms. The molecule has 0 atom stereocenters.